The van der Waals surface area contributed by atoms with Crippen molar-refractivity contribution in [2.24, 2.45) is 0 Å². The van der Waals surface area contributed by atoms with Crippen molar-refractivity contribution in [3.05, 3.63) is 50.2 Å². The highest BCUT2D eigenvalue weighted by molar-refractivity contribution is 5.69. The first kappa shape index (κ1) is 19.6. The van der Waals surface area contributed by atoms with Crippen LogP contribution in [-0.4, -0.2) is 79.7 Å². The van der Waals surface area contributed by atoms with Gasteiger partial charge in [0.25, 0.3) is 11.1 Å². The number of rotatable bonds is 2. The Kier molecular flexibility index (Phi) is 5.00. The number of nitrogens with one attached hydrogen (secondary N) is 4. The summed E-state index contributed by atoms with van der Waals surface area (Å²) in [7, 11) is 0. The molecule has 15 nitrogen and oxygen atoms in total. The molecule has 0 spiro atoms. The highest BCUT2D eigenvalue weighted by Gasteiger charge is 2.43. The van der Waals surface area contributed by atoms with Crippen molar-refractivity contribution < 1.29 is 20.1 Å². The average molecular weight is 420 g/mol. The van der Waals surface area contributed by atoms with Gasteiger partial charge < -0.3 is 30.0 Å². The van der Waals surface area contributed by atoms with Gasteiger partial charge in [-0.05, 0) is 0 Å². The predicted molar refractivity (Wildman–Crippen MR) is 98.5 cm³/mol. The number of nitrogens with zero attached hydrogens (tertiary/aromatic N) is 4. The monoisotopic (exact) mass is 420 g/mol. The minimum atomic E-state index is -1.24. The maximum Gasteiger partial charge on any atom is 0.327 e. The highest BCUT2D eigenvalue weighted by atomic mass is 16.6. The van der Waals surface area contributed by atoms with Crippen molar-refractivity contribution in [2.45, 2.75) is 24.5 Å². The van der Waals surface area contributed by atoms with E-state index >= 15 is 0 Å². The van der Waals surface area contributed by atoms with Crippen LogP contribution in [0.25, 0.3) is 22.3 Å². The molecular formula is C15H16N8O7. The summed E-state index contributed by atoms with van der Waals surface area (Å²) in [6, 6.07) is 0. The van der Waals surface area contributed by atoms with Gasteiger partial charge in [0.2, 0.25) is 0 Å². The third kappa shape index (κ3) is 3.30. The molecule has 1 saturated heterocycles. The van der Waals surface area contributed by atoms with E-state index in [0.717, 1.165) is 0 Å². The number of imidazole rings is 2. The van der Waals surface area contributed by atoms with E-state index in [9.17, 15) is 24.6 Å². The normalized spacial score (nSPS) is 23.6. The van der Waals surface area contributed by atoms with Crippen molar-refractivity contribution >= 4 is 22.3 Å². The molecule has 4 atom stereocenters. The Bertz CT molecular complexity index is 1350. The molecule has 1 fully saturated rings. The largest absolute Gasteiger partial charge is 0.394 e. The minimum absolute atomic E-state index is 0.111. The fourth-order valence-corrected chi connectivity index (χ4v) is 3.03. The Morgan fingerprint density at radius 2 is 1.77 bits per heavy atom. The van der Waals surface area contributed by atoms with E-state index < -0.39 is 48.0 Å². The second-order valence-electron chi connectivity index (χ2n) is 6.32. The van der Waals surface area contributed by atoms with Crippen molar-refractivity contribution in [1.29, 1.82) is 0 Å². The zero-order chi connectivity index (χ0) is 21.4. The summed E-state index contributed by atoms with van der Waals surface area (Å²) >= 11 is 0. The molecule has 158 valence electrons. The van der Waals surface area contributed by atoms with E-state index in [1.54, 1.807) is 0 Å². The third-order valence-electron chi connectivity index (χ3n) is 4.48. The van der Waals surface area contributed by atoms with Crippen LogP contribution in [0.15, 0.2) is 33.4 Å². The molecule has 1 aliphatic rings. The molecule has 15 heteroatoms. The molecular weight excluding hydrogens is 404 g/mol. The zero-order valence-electron chi connectivity index (χ0n) is 15.0. The molecule has 0 bridgehead atoms. The number of fused-ring (bicyclic) bond motifs is 2. The summed E-state index contributed by atoms with van der Waals surface area (Å²) in [5.74, 6) is 0. The summed E-state index contributed by atoms with van der Waals surface area (Å²) in [5.41, 5.74) is -0.506. The van der Waals surface area contributed by atoms with Crippen LogP contribution in [0.4, 0.5) is 0 Å². The molecule has 4 aromatic rings. The summed E-state index contributed by atoms with van der Waals surface area (Å²) in [5, 5.41) is 28.6. The Hall–Kier alpha value is -3.66. The first-order chi connectivity index (χ1) is 14.4. The van der Waals surface area contributed by atoms with Crippen LogP contribution in [0.5, 0.6) is 0 Å². The summed E-state index contributed by atoms with van der Waals surface area (Å²) in [6.07, 6.45) is -0.441. The van der Waals surface area contributed by atoms with Crippen LogP contribution in [0, 0.1) is 0 Å². The quantitative estimate of drug-likeness (QED) is 0.170. The molecule has 5 rings (SSSR count). The molecule has 0 unspecified atom stereocenters. The molecule has 1 aliphatic heterocycles. The van der Waals surface area contributed by atoms with Gasteiger partial charge in [-0.3, -0.25) is 24.1 Å². The van der Waals surface area contributed by atoms with Crippen LogP contribution >= 0.6 is 0 Å². The van der Waals surface area contributed by atoms with Crippen molar-refractivity contribution in [2.75, 3.05) is 6.61 Å². The molecule has 0 amide bonds. The first-order valence-electron chi connectivity index (χ1n) is 8.59. The molecule has 5 heterocycles. The van der Waals surface area contributed by atoms with E-state index in [1.807, 2.05) is 0 Å². The van der Waals surface area contributed by atoms with Gasteiger partial charge in [-0.2, -0.15) is 0 Å². The molecule has 0 aromatic carbocycles. The second kappa shape index (κ2) is 7.64. The van der Waals surface area contributed by atoms with Gasteiger partial charge in [0.05, 0.1) is 25.6 Å². The molecule has 4 aromatic heterocycles. The second-order valence-corrected chi connectivity index (χ2v) is 6.32. The molecule has 30 heavy (non-hydrogen) atoms. The Morgan fingerprint density at radius 3 is 2.50 bits per heavy atom. The first-order valence-corrected chi connectivity index (χ1v) is 8.59. The van der Waals surface area contributed by atoms with E-state index in [1.165, 1.54) is 23.5 Å². The molecule has 0 radical (unpaired) electrons. The van der Waals surface area contributed by atoms with Crippen LogP contribution < -0.4 is 16.8 Å². The van der Waals surface area contributed by atoms with Gasteiger partial charge in [-0.1, -0.05) is 0 Å². The number of aliphatic hydroxyl groups is 3. The number of ether oxygens (including phenoxy) is 1. The summed E-state index contributed by atoms with van der Waals surface area (Å²) < 4.78 is 6.70. The lowest BCUT2D eigenvalue weighted by atomic mass is 10.1. The lowest BCUT2D eigenvalue weighted by molar-refractivity contribution is -0.0511. The fourth-order valence-electron chi connectivity index (χ4n) is 3.03. The van der Waals surface area contributed by atoms with E-state index in [0.29, 0.717) is 0 Å². The van der Waals surface area contributed by atoms with Crippen LogP contribution in [-0.2, 0) is 4.74 Å². The van der Waals surface area contributed by atoms with Crippen LogP contribution in [0.2, 0.25) is 0 Å². The number of aromatic nitrogens is 8. The van der Waals surface area contributed by atoms with Crippen molar-refractivity contribution in [3.8, 4) is 0 Å². The minimum Gasteiger partial charge on any atom is -0.394 e. The standard InChI is InChI=1S/C10H12N4O5.C5H4N4O2/c15-1-4-6(16)7(17)10(19-4)14-3-13-5-8(14)11-2-12-9(5)18;10-4-2-3(7-1-6-2)8-5(11)9-4/h2-4,6-7,10,15-17H,1H2,(H,11,12,18);1H,(H3,6,7,8,9,10,11)/t4-,6-,7-,10-;/m1./s1. The SMILES string of the molecule is O=c1[nH]c(=O)c2[nH]cnc2[nH]1.O=c1[nH]cnc2c1ncn2[C@@H]1O[C@H](CO)[C@@H](O)[C@H]1O. The summed E-state index contributed by atoms with van der Waals surface area (Å²) in [4.78, 5) is 54.0. The number of hydrogen-bond donors (Lipinski definition) is 7. The smallest absolute Gasteiger partial charge is 0.327 e. The fraction of sp³-hybridized carbons (Fsp3) is 0.333. The van der Waals surface area contributed by atoms with Crippen molar-refractivity contribution in [3.63, 3.8) is 0 Å². The van der Waals surface area contributed by atoms with E-state index in [-0.39, 0.29) is 22.3 Å². The highest BCUT2D eigenvalue weighted by Crippen LogP contribution is 2.30. The van der Waals surface area contributed by atoms with Gasteiger partial charge in [0.15, 0.2) is 23.0 Å². The van der Waals surface area contributed by atoms with E-state index in [2.05, 4.69) is 34.9 Å². The Balaban J connectivity index is 0.000000168. The number of aromatic amines is 4. The Labute approximate surface area is 164 Å². The third-order valence-corrected chi connectivity index (χ3v) is 4.48. The number of hydrogen-bond acceptors (Lipinski definition) is 10. The van der Waals surface area contributed by atoms with Crippen molar-refractivity contribution in [1.82, 2.24) is 39.5 Å². The average Bonchev–Trinajstić information content (AvgIpc) is 3.42. The van der Waals surface area contributed by atoms with Crippen LogP contribution in [0.1, 0.15) is 6.23 Å². The van der Waals surface area contributed by atoms with Gasteiger partial charge in [0, 0.05) is 0 Å². The number of H-pyrrole nitrogens is 4. The van der Waals surface area contributed by atoms with Crippen LogP contribution in [0.3, 0.4) is 0 Å². The van der Waals surface area contributed by atoms with E-state index in [4.69, 9.17) is 9.84 Å². The molecule has 0 aliphatic carbocycles. The topological polar surface area (TPSA) is 228 Å². The maximum absolute atomic E-state index is 11.5. The lowest BCUT2D eigenvalue weighted by Crippen LogP contribution is -2.33. The van der Waals surface area contributed by atoms with Gasteiger partial charge in [-0.25, -0.2) is 19.7 Å². The maximum atomic E-state index is 11.5. The van der Waals surface area contributed by atoms with Gasteiger partial charge in [0.1, 0.15) is 23.8 Å². The number of aliphatic hydroxyl groups excluding tert-OH is 3. The van der Waals surface area contributed by atoms with Gasteiger partial charge >= 0.3 is 5.69 Å². The Morgan fingerprint density at radius 1 is 1.00 bits per heavy atom. The van der Waals surface area contributed by atoms with Gasteiger partial charge in [-0.15, -0.1) is 0 Å². The molecule has 0 saturated carbocycles. The zero-order valence-corrected chi connectivity index (χ0v) is 15.0. The summed E-state index contributed by atoms with van der Waals surface area (Å²) in [6.45, 7) is -0.421. The molecule has 7 N–H and O–H groups in total. The lowest BCUT2D eigenvalue weighted by Gasteiger charge is -2.16. The predicted octanol–water partition coefficient (Wildman–Crippen LogP) is -3.33.